The Labute approximate surface area is 153 Å². The Morgan fingerprint density at radius 1 is 1.16 bits per heavy atom. The van der Waals surface area contributed by atoms with Gasteiger partial charge in [0.15, 0.2) is 0 Å². The number of anilines is 1. The fourth-order valence-corrected chi connectivity index (χ4v) is 3.77. The molecule has 4 nitrogen and oxygen atoms in total. The van der Waals surface area contributed by atoms with Gasteiger partial charge in [0.1, 0.15) is 10.7 Å². The molecular formula is C19H14ClN3OS. The molecule has 0 radical (unpaired) electrons. The molecule has 4 rings (SSSR count). The molecule has 1 amide bonds. The molecule has 0 fully saturated rings. The van der Waals surface area contributed by atoms with Crippen LogP contribution in [0.25, 0.3) is 21.6 Å². The molecule has 0 bridgehead atoms. The molecule has 2 aromatic carbocycles. The van der Waals surface area contributed by atoms with Crippen molar-refractivity contribution in [3.63, 3.8) is 0 Å². The number of halogens is 1. The molecule has 0 saturated heterocycles. The number of hydrogen-bond donors (Lipinski definition) is 1. The van der Waals surface area contributed by atoms with Gasteiger partial charge in [0.2, 0.25) is 0 Å². The third kappa shape index (κ3) is 2.92. The SMILES string of the molecule is Cn1c(-c2nc(C(=O)Nc3ccccc3Cl)cs2)cc2ccccc21. The van der Waals surface area contributed by atoms with E-state index in [0.717, 1.165) is 21.6 Å². The van der Waals surface area contributed by atoms with Gasteiger partial charge in [0.25, 0.3) is 5.91 Å². The van der Waals surface area contributed by atoms with Crippen LogP contribution in [0.2, 0.25) is 5.02 Å². The lowest BCUT2D eigenvalue weighted by Gasteiger charge is -2.04. The second-order valence-corrected chi connectivity index (χ2v) is 6.88. The first kappa shape index (κ1) is 15.9. The molecule has 1 N–H and O–H groups in total. The van der Waals surface area contributed by atoms with Crippen LogP contribution >= 0.6 is 22.9 Å². The van der Waals surface area contributed by atoms with E-state index in [9.17, 15) is 4.79 Å². The number of carbonyl (C=O) groups is 1. The molecule has 0 aliphatic carbocycles. The lowest BCUT2D eigenvalue weighted by Crippen LogP contribution is -2.12. The van der Waals surface area contributed by atoms with Crippen LogP contribution in [0.5, 0.6) is 0 Å². The first-order chi connectivity index (χ1) is 12.1. The number of amides is 1. The molecule has 25 heavy (non-hydrogen) atoms. The second kappa shape index (κ2) is 6.35. The molecular weight excluding hydrogens is 354 g/mol. The molecule has 0 aliphatic heterocycles. The Hall–Kier alpha value is -2.63. The summed E-state index contributed by atoms with van der Waals surface area (Å²) in [6.07, 6.45) is 0. The van der Waals surface area contributed by atoms with E-state index in [4.69, 9.17) is 11.6 Å². The van der Waals surface area contributed by atoms with Crippen LogP contribution in [0.3, 0.4) is 0 Å². The van der Waals surface area contributed by atoms with Crippen molar-refractivity contribution in [2.24, 2.45) is 7.05 Å². The number of fused-ring (bicyclic) bond motifs is 1. The van der Waals surface area contributed by atoms with Crippen LogP contribution in [-0.4, -0.2) is 15.5 Å². The number of thiazole rings is 1. The fourth-order valence-electron chi connectivity index (χ4n) is 2.74. The predicted octanol–water partition coefficient (Wildman–Crippen LogP) is 5.21. The molecule has 124 valence electrons. The molecule has 0 atom stereocenters. The molecule has 2 heterocycles. The van der Waals surface area contributed by atoms with Gasteiger partial charge in [0.05, 0.1) is 16.4 Å². The van der Waals surface area contributed by atoms with Crippen molar-refractivity contribution in [3.05, 3.63) is 70.7 Å². The Morgan fingerprint density at radius 2 is 1.92 bits per heavy atom. The van der Waals surface area contributed by atoms with Gasteiger partial charge in [-0.3, -0.25) is 4.79 Å². The van der Waals surface area contributed by atoms with Crippen molar-refractivity contribution in [1.29, 1.82) is 0 Å². The maximum absolute atomic E-state index is 12.4. The van der Waals surface area contributed by atoms with Crippen LogP contribution in [0, 0.1) is 0 Å². The summed E-state index contributed by atoms with van der Waals surface area (Å²) in [4.78, 5) is 16.9. The minimum absolute atomic E-state index is 0.269. The summed E-state index contributed by atoms with van der Waals surface area (Å²) in [5.74, 6) is -0.269. The maximum Gasteiger partial charge on any atom is 0.275 e. The van der Waals surface area contributed by atoms with Crippen LogP contribution in [0.15, 0.2) is 60.0 Å². The molecule has 2 aromatic heterocycles. The number of hydrogen-bond acceptors (Lipinski definition) is 3. The van der Waals surface area contributed by atoms with Gasteiger partial charge < -0.3 is 9.88 Å². The Balaban J connectivity index is 1.64. The van der Waals surface area contributed by atoms with Gasteiger partial charge in [-0.05, 0) is 24.3 Å². The Bertz CT molecular complexity index is 1080. The van der Waals surface area contributed by atoms with Crippen molar-refractivity contribution < 1.29 is 4.79 Å². The Morgan fingerprint density at radius 3 is 2.72 bits per heavy atom. The highest BCUT2D eigenvalue weighted by atomic mass is 35.5. The highest BCUT2D eigenvalue weighted by molar-refractivity contribution is 7.13. The van der Waals surface area contributed by atoms with Crippen molar-refractivity contribution in [2.75, 3.05) is 5.32 Å². The minimum atomic E-state index is -0.269. The van der Waals surface area contributed by atoms with Gasteiger partial charge >= 0.3 is 0 Å². The van der Waals surface area contributed by atoms with E-state index < -0.39 is 0 Å². The summed E-state index contributed by atoms with van der Waals surface area (Å²) in [6.45, 7) is 0. The smallest absolute Gasteiger partial charge is 0.275 e. The minimum Gasteiger partial charge on any atom is -0.342 e. The molecule has 6 heteroatoms. The third-order valence-electron chi connectivity index (χ3n) is 4.03. The number of nitrogens with one attached hydrogen (secondary N) is 1. The van der Waals surface area contributed by atoms with E-state index in [2.05, 4.69) is 33.1 Å². The number of carbonyl (C=O) groups excluding carboxylic acids is 1. The molecule has 0 unspecified atom stereocenters. The normalized spacial score (nSPS) is 11.0. The largest absolute Gasteiger partial charge is 0.342 e. The van der Waals surface area contributed by atoms with E-state index in [-0.39, 0.29) is 5.91 Å². The standard InChI is InChI=1S/C19H14ClN3OS/c1-23-16-9-5-2-6-12(16)10-17(23)19-22-15(11-25-19)18(24)21-14-8-4-3-7-13(14)20/h2-11H,1H3,(H,21,24). The zero-order valence-corrected chi connectivity index (χ0v) is 14.9. The summed E-state index contributed by atoms with van der Waals surface area (Å²) in [5.41, 5.74) is 3.08. The monoisotopic (exact) mass is 367 g/mol. The first-order valence-electron chi connectivity index (χ1n) is 7.70. The van der Waals surface area contributed by atoms with Gasteiger partial charge in [-0.15, -0.1) is 11.3 Å². The van der Waals surface area contributed by atoms with Crippen molar-refractivity contribution in [2.45, 2.75) is 0 Å². The quantitative estimate of drug-likeness (QED) is 0.540. The molecule has 0 saturated carbocycles. The molecule has 4 aromatic rings. The summed E-state index contributed by atoms with van der Waals surface area (Å²) < 4.78 is 2.09. The van der Waals surface area contributed by atoms with E-state index in [1.165, 1.54) is 11.3 Å². The average molecular weight is 368 g/mol. The third-order valence-corrected chi connectivity index (χ3v) is 5.22. The summed E-state index contributed by atoms with van der Waals surface area (Å²) in [6, 6.07) is 17.4. The molecule has 0 aliphatic rings. The van der Waals surface area contributed by atoms with Gasteiger partial charge in [-0.2, -0.15) is 0 Å². The number of benzene rings is 2. The van der Waals surface area contributed by atoms with Gasteiger partial charge in [0, 0.05) is 23.3 Å². The number of para-hydroxylation sites is 2. The summed E-state index contributed by atoms with van der Waals surface area (Å²) in [7, 11) is 2.00. The Kier molecular flexibility index (Phi) is 4.03. The van der Waals surface area contributed by atoms with Crippen LogP contribution in [0.4, 0.5) is 5.69 Å². The predicted molar refractivity (Wildman–Crippen MR) is 103 cm³/mol. The number of rotatable bonds is 3. The van der Waals surface area contributed by atoms with Gasteiger partial charge in [-0.1, -0.05) is 41.9 Å². The topological polar surface area (TPSA) is 46.9 Å². The van der Waals surface area contributed by atoms with Gasteiger partial charge in [-0.25, -0.2) is 4.98 Å². The highest BCUT2D eigenvalue weighted by Gasteiger charge is 2.16. The lowest BCUT2D eigenvalue weighted by atomic mass is 10.2. The van der Waals surface area contributed by atoms with E-state index in [1.807, 2.05) is 31.3 Å². The second-order valence-electron chi connectivity index (χ2n) is 5.62. The van der Waals surface area contributed by atoms with E-state index in [1.54, 1.807) is 17.5 Å². The van der Waals surface area contributed by atoms with E-state index in [0.29, 0.717) is 16.4 Å². The van der Waals surface area contributed by atoms with E-state index >= 15 is 0 Å². The zero-order chi connectivity index (χ0) is 17.4. The lowest BCUT2D eigenvalue weighted by molar-refractivity contribution is 0.102. The van der Waals surface area contributed by atoms with Crippen LogP contribution in [-0.2, 0) is 7.05 Å². The fraction of sp³-hybridized carbons (Fsp3) is 0.0526. The summed E-state index contributed by atoms with van der Waals surface area (Å²) >= 11 is 7.54. The number of aromatic nitrogens is 2. The maximum atomic E-state index is 12.4. The van der Waals surface area contributed by atoms with Crippen molar-refractivity contribution >= 4 is 45.4 Å². The summed E-state index contributed by atoms with van der Waals surface area (Å²) in [5, 5.41) is 7.02. The van der Waals surface area contributed by atoms with Crippen molar-refractivity contribution in [1.82, 2.24) is 9.55 Å². The van der Waals surface area contributed by atoms with Crippen LogP contribution in [0.1, 0.15) is 10.5 Å². The highest BCUT2D eigenvalue weighted by Crippen LogP contribution is 2.30. The molecule has 0 spiro atoms. The van der Waals surface area contributed by atoms with Crippen molar-refractivity contribution in [3.8, 4) is 10.7 Å². The number of aryl methyl sites for hydroxylation is 1. The van der Waals surface area contributed by atoms with Crippen LogP contribution < -0.4 is 5.32 Å². The first-order valence-corrected chi connectivity index (χ1v) is 8.95. The average Bonchev–Trinajstić information content (AvgIpc) is 3.22. The number of nitrogens with zero attached hydrogens (tertiary/aromatic N) is 2. The zero-order valence-electron chi connectivity index (χ0n) is 13.4.